The minimum Gasteiger partial charge on any atom is -0.355 e. The molecule has 1 aliphatic rings. The van der Waals surface area contributed by atoms with Crippen molar-refractivity contribution in [2.24, 2.45) is 0 Å². The van der Waals surface area contributed by atoms with Crippen molar-refractivity contribution >= 4 is 23.4 Å². The Hall–Kier alpha value is -3.15. The van der Waals surface area contributed by atoms with Crippen LogP contribution >= 0.6 is 0 Å². The van der Waals surface area contributed by atoms with Gasteiger partial charge in [0.1, 0.15) is 0 Å². The number of anilines is 1. The average molecular weight is 337 g/mol. The van der Waals surface area contributed by atoms with Gasteiger partial charge in [-0.05, 0) is 30.2 Å². The van der Waals surface area contributed by atoms with Crippen LogP contribution in [0.1, 0.15) is 28.3 Å². The highest BCUT2D eigenvalue weighted by atomic mass is 16.2. The van der Waals surface area contributed by atoms with E-state index < -0.39 is 0 Å². The normalized spacial score (nSPS) is 15.2. The van der Waals surface area contributed by atoms with Crippen molar-refractivity contribution < 1.29 is 14.4 Å². The first-order valence-corrected chi connectivity index (χ1v) is 8.15. The number of hydrogen-bond acceptors (Lipinski definition) is 3. The SMILES string of the molecule is O=C(CNC(=O)c1ccccc1)NCCC1C(=O)Nc2ccccc21. The molecule has 0 saturated carbocycles. The lowest BCUT2D eigenvalue weighted by Crippen LogP contribution is -2.37. The zero-order valence-electron chi connectivity index (χ0n) is 13.6. The van der Waals surface area contributed by atoms with Gasteiger partial charge in [-0.2, -0.15) is 0 Å². The monoisotopic (exact) mass is 337 g/mol. The van der Waals surface area contributed by atoms with Gasteiger partial charge in [0, 0.05) is 17.8 Å². The molecule has 0 aliphatic carbocycles. The predicted octanol–water partition coefficient (Wildman–Crippen LogP) is 1.66. The third kappa shape index (κ3) is 4.03. The minimum absolute atomic E-state index is 0.0483. The number of hydrogen-bond donors (Lipinski definition) is 3. The van der Waals surface area contributed by atoms with Gasteiger partial charge in [0.25, 0.3) is 5.91 Å². The van der Waals surface area contributed by atoms with Crippen molar-refractivity contribution in [1.82, 2.24) is 10.6 Å². The summed E-state index contributed by atoms with van der Waals surface area (Å²) in [4.78, 5) is 35.7. The lowest BCUT2D eigenvalue weighted by atomic mass is 9.97. The maximum Gasteiger partial charge on any atom is 0.251 e. The van der Waals surface area contributed by atoms with Crippen LogP contribution in [0.4, 0.5) is 5.69 Å². The van der Waals surface area contributed by atoms with Crippen LogP contribution in [0.3, 0.4) is 0 Å². The lowest BCUT2D eigenvalue weighted by Gasteiger charge is -2.10. The summed E-state index contributed by atoms with van der Waals surface area (Å²) in [5.41, 5.74) is 2.30. The van der Waals surface area contributed by atoms with E-state index in [0.717, 1.165) is 11.3 Å². The molecule has 0 fully saturated rings. The minimum atomic E-state index is -0.292. The summed E-state index contributed by atoms with van der Waals surface area (Å²) in [6.07, 6.45) is 0.515. The first-order valence-electron chi connectivity index (χ1n) is 8.15. The van der Waals surface area contributed by atoms with E-state index in [1.165, 1.54) is 0 Å². The Morgan fingerprint density at radius 1 is 0.960 bits per heavy atom. The molecule has 3 N–H and O–H groups in total. The fraction of sp³-hybridized carbons (Fsp3) is 0.211. The van der Waals surface area contributed by atoms with Crippen molar-refractivity contribution in [1.29, 1.82) is 0 Å². The highest BCUT2D eigenvalue weighted by Gasteiger charge is 2.29. The van der Waals surface area contributed by atoms with Crippen molar-refractivity contribution in [3.8, 4) is 0 Å². The number of rotatable bonds is 6. The Morgan fingerprint density at radius 2 is 1.68 bits per heavy atom. The van der Waals surface area contributed by atoms with Gasteiger partial charge < -0.3 is 16.0 Å². The van der Waals surface area contributed by atoms with Crippen LogP contribution in [0.5, 0.6) is 0 Å². The summed E-state index contributed by atoms with van der Waals surface area (Å²) in [5.74, 6) is -0.876. The summed E-state index contributed by atoms with van der Waals surface area (Å²) in [5, 5.41) is 8.14. The van der Waals surface area contributed by atoms with Crippen LogP contribution in [0.25, 0.3) is 0 Å². The molecular formula is C19H19N3O3. The van der Waals surface area contributed by atoms with Crippen LogP contribution in [0.2, 0.25) is 0 Å². The zero-order valence-corrected chi connectivity index (χ0v) is 13.6. The van der Waals surface area contributed by atoms with E-state index in [2.05, 4.69) is 16.0 Å². The van der Waals surface area contributed by atoms with Gasteiger partial charge in [-0.1, -0.05) is 36.4 Å². The highest BCUT2D eigenvalue weighted by molar-refractivity contribution is 6.02. The van der Waals surface area contributed by atoms with E-state index in [4.69, 9.17) is 0 Å². The Morgan fingerprint density at radius 3 is 2.48 bits per heavy atom. The van der Waals surface area contributed by atoms with Gasteiger partial charge in [-0.25, -0.2) is 0 Å². The van der Waals surface area contributed by atoms with Crippen molar-refractivity contribution in [2.45, 2.75) is 12.3 Å². The Bertz CT molecular complexity index is 790. The smallest absolute Gasteiger partial charge is 0.251 e. The second-order valence-corrected chi connectivity index (χ2v) is 5.82. The van der Waals surface area contributed by atoms with Crippen molar-refractivity contribution in [3.63, 3.8) is 0 Å². The predicted molar refractivity (Wildman–Crippen MR) is 94.2 cm³/mol. The molecule has 0 radical (unpaired) electrons. The standard InChI is InChI=1S/C19H19N3O3/c23-17(12-21-18(24)13-6-2-1-3-7-13)20-11-10-15-14-8-4-5-9-16(14)22-19(15)25/h1-9,15H,10-12H2,(H,20,23)(H,21,24)(H,22,25). The number of para-hydroxylation sites is 1. The van der Waals surface area contributed by atoms with Gasteiger partial charge >= 0.3 is 0 Å². The quantitative estimate of drug-likeness (QED) is 0.749. The van der Waals surface area contributed by atoms with E-state index in [-0.39, 0.29) is 30.2 Å². The van der Waals surface area contributed by atoms with Gasteiger partial charge in [-0.15, -0.1) is 0 Å². The molecule has 0 aromatic heterocycles. The Labute approximate surface area is 145 Å². The molecule has 6 heteroatoms. The fourth-order valence-electron chi connectivity index (χ4n) is 2.83. The topological polar surface area (TPSA) is 87.3 Å². The number of amides is 3. The largest absolute Gasteiger partial charge is 0.355 e. The van der Waals surface area contributed by atoms with Crippen LogP contribution in [0, 0.1) is 0 Å². The van der Waals surface area contributed by atoms with Gasteiger partial charge in [0.15, 0.2) is 0 Å². The Kier molecular flexibility index (Phi) is 5.09. The summed E-state index contributed by atoms with van der Waals surface area (Å²) >= 11 is 0. The van der Waals surface area contributed by atoms with Crippen LogP contribution < -0.4 is 16.0 Å². The van der Waals surface area contributed by atoms with E-state index >= 15 is 0 Å². The maximum absolute atomic E-state index is 12.0. The molecule has 1 unspecified atom stereocenters. The first-order chi connectivity index (χ1) is 12.1. The lowest BCUT2D eigenvalue weighted by molar-refractivity contribution is -0.121. The third-order valence-corrected chi connectivity index (χ3v) is 4.11. The molecule has 25 heavy (non-hydrogen) atoms. The molecule has 3 amide bonds. The summed E-state index contributed by atoms with van der Waals surface area (Å²) < 4.78 is 0. The molecule has 0 saturated heterocycles. The number of carbonyl (C=O) groups is 3. The Balaban J connectivity index is 1.43. The van der Waals surface area contributed by atoms with Gasteiger partial charge in [0.05, 0.1) is 12.5 Å². The third-order valence-electron chi connectivity index (χ3n) is 4.11. The molecular weight excluding hydrogens is 318 g/mol. The van der Waals surface area contributed by atoms with Gasteiger partial charge in [0.2, 0.25) is 11.8 Å². The highest BCUT2D eigenvalue weighted by Crippen LogP contribution is 2.33. The van der Waals surface area contributed by atoms with Crippen LogP contribution in [-0.4, -0.2) is 30.8 Å². The molecule has 6 nitrogen and oxygen atoms in total. The average Bonchev–Trinajstić information content (AvgIpc) is 2.96. The molecule has 0 spiro atoms. The molecule has 3 rings (SSSR count). The summed E-state index contributed by atoms with van der Waals surface area (Å²) in [6.45, 7) is 0.271. The fourth-order valence-corrected chi connectivity index (χ4v) is 2.83. The van der Waals surface area contributed by atoms with Crippen molar-refractivity contribution in [3.05, 3.63) is 65.7 Å². The van der Waals surface area contributed by atoms with E-state index in [0.29, 0.717) is 18.5 Å². The summed E-state index contributed by atoms with van der Waals surface area (Å²) in [7, 11) is 0. The van der Waals surface area contributed by atoms with E-state index in [9.17, 15) is 14.4 Å². The molecule has 2 aromatic carbocycles. The van der Waals surface area contributed by atoms with Crippen LogP contribution in [-0.2, 0) is 9.59 Å². The molecule has 2 aromatic rings. The molecule has 0 bridgehead atoms. The number of carbonyl (C=O) groups excluding carboxylic acids is 3. The van der Waals surface area contributed by atoms with Crippen molar-refractivity contribution in [2.75, 3.05) is 18.4 Å². The zero-order chi connectivity index (χ0) is 17.6. The van der Waals surface area contributed by atoms with E-state index in [1.54, 1.807) is 24.3 Å². The number of nitrogens with one attached hydrogen (secondary N) is 3. The number of fused-ring (bicyclic) bond motifs is 1. The second kappa shape index (κ2) is 7.61. The first kappa shape index (κ1) is 16.7. The number of benzene rings is 2. The second-order valence-electron chi connectivity index (χ2n) is 5.82. The summed E-state index contributed by atoms with van der Waals surface area (Å²) in [6, 6.07) is 16.3. The van der Waals surface area contributed by atoms with Crippen LogP contribution in [0.15, 0.2) is 54.6 Å². The molecule has 128 valence electrons. The van der Waals surface area contributed by atoms with Gasteiger partial charge in [-0.3, -0.25) is 14.4 Å². The molecule has 1 atom stereocenters. The maximum atomic E-state index is 12.0. The molecule has 1 heterocycles. The molecule has 1 aliphatic heterocycles. The van der Waals surface area contributed by atoms with E-state index in [1.807, 2.05) is 30.3 Å².